The van der Waals surface area contributed by atoms with Gasteiger partial charge in [0.1, 0.15) is 11.6 Å². The summed E-state index contributed by atoms with van der Waals surface area (Å²) in [6.07, 6.45) is 1.73. The van der Waals surface area contributed by atoms with E-state index in [1.807, 2.05) is 37.3 Å². The monoisotopic (exact) mass is 278 g/mol. The van der Waals surface area contributed by atoms with Gasteiger partial charge in [-0.15, -0.1) is 0 Å². The van der Waals surface area contributed by atoms with Crippen LogP contribution in [-0.4, -0.2) is 15.8 Å². The van der Waals surface area contributed by atoms with Crippen molar-refractivity contribution in [3.63, 3.8) is 0 Å². The highest BCUT2D eigenvalue weighted by molar-refractivity contribution is 5.97. The summed E-state index contributed by atoms with van der Waals surface area (Å²) in [5.41, 5.74) is 7.69. The number of benzene rings is 1. The van der Waals surface area contributed by atoms with Crippen molar-refractivity contribution in [3.8, 4) is 11.6 Å². The van der Waals surface area contributed by atoms with Crippen LogP contribution in [0, 0.1) is 12.3 Å². The van der Waals surface area contributed by atoms with Gasteiger partial charge >= 0.3 is 0 Å². The van der Waals surface area contributed by atoms with E-state index in [0.717, 1.165) is 16.6 Å². The smallest absolute Gasteiger partial charge is 0.230 e. The molecule has 0 aliphatic carbocycles. The Morgan fingerprint density at radius 1 is 1.14 bits per heavy atom. The molecule has 0 atom stereocenters. The highest BCUT2D eigenvalue weighted by Crippen LogP contribution is 2.29. The number of rotatable bonds is 3. The summed E-state index contributed by atoms with van der Waals surface area (Å²) in [7, 11) is 0. The molecule has 0 fully saturated rings. The Balaban J connectivity index is 2.11. The molecule has 0 radical (unpaired) electrons. The molecule has 0 aliphatic rings. The number of aryl methyl sites for hydroxylation is 1. The number of nitrogens with one attached hydrogen (secondary N) is 1. The van der Waals surface area contributed by atoms with E-state index in [0.29, 0.717) is 17.2 Å². The lowest BCUT2D eigenvalue weighted by Gasteiger charge is -2.11. The van der Waals surface area contributed by atoms with E-state index in [4.69, 9.17) is 15.9 Å². The lowest BCUT2D eigenvalue weighted by molar-refractivity contribution is 0.465. The van der Waals surface area contributed by atoms with Crippen LogP contribution in [0.5, 0.6) is 11.6 Å². The Morgan fingerprint density at radius 3 is 2.81 bits per heavy atom. The SMILES string of the molecule is Cc1ccc(C(=N)N)c(Oc2cccc3ncccc23)n1. The van der Waals surface area contributed by atoms with Crippen LogP contribution in [0.1, 0.15) is 11.3 Å². The molecule has 0 unspecified atom stereocenters. The number of amidine groups is 1. The van der Waals surface area contributed by atoms with E-state index in [9.17, 15) is 0 Å². The second kappa shape index (κ2) is 5.20. The third-order valence-electron chi connectivity index (χ3n) is 3.10. The van der Waals surface area contributed by atoms with Gasteiger partial charge in [0.15, 0.2) is 0 Å². The molecule has 0 saturated carbocycles. The summed E-state index contributed by atoms with van der Waals surface area (Å²) >= 11 is 0. The second-order valence-electron chi connectivity index (χ2n) is 4.65. The summed E-state index contributed by atoms with van der Waals surface area (Å²) in [6, 6.07) is 13.0. The number of pyridine rings is 2. The first-order chi connectivity index (χ1) is 10.1. The number of ether oxygens (including phenoxy) is 1. The highest BCUT2D eigenvalue weighted by atomic mass is 16.5. The van der Waals surface area contributed by atoms with Crippen LogP contribution < -0.4 is 10.5 Å². The zero-order valence-corrected chi connectivity index (χ0v) is 11.5. The standard InChI is InChI=1S/C16H14N4O/c1-10-7-8-12(15(17)18)16(20-10)21-14-6-2-5-13-11(14)4-3-9-19-13/h2-9H,1H3,(H3,17,18). The topological polar surface area (TPSA) is 84.9 Å². The molecule has 3 N–H and O–H groups in total. The van der Waals surface area contributed by atoms with Gasteiger partial charge in [-0.25, -0.2) is 4.98 Å². The average Bonchev–Trinajstić information content (AvgIpc) is 2.47. The predicted molar refractivity (Wildman–Crippen MR) is 81.8 cm³/mol. The van der Waals surface area contributed by atoms with Gasteiger partial charge in [0, 0.05) is 17.3 Å². The molecule has 3 aromatic rings. The Hall–Kier alpha value is -2.95. The molecule has 0 spiro atoms. The summed E-state index contributed by atoms with van der Waals surface area (Å²) in [4.78, 5) is 8.62. The van der Waals surface area contributed by atoms with Gasteiger partial charge in [0.2, 0.25) is 5.88 Å². The van der Waals surface area contributed by atoms with Crippen molar-refractivity contribution in [2.24, 2.45) is 5.73 Å². The van der Waals surface area contributed by atoms with Gasteiger partial charge in [-0.1, -0.05) is 6.07 Å². The van der Waals surface area contributed by atoms with Gasteiger partial charge in [0.25, 0.3) is 0 Å². The van der Waals surface area contributed by atoms with Crippen LogP contribution in [0.25, 0.3) is 10.9 Å². The fourth-order valence-electron chi connectivity index (χ4n) is 2.08. The maximum absolute atomic E-state index is 7.62. The molecule has 5 nitrogen and oxygen atoms in total. The Morgan fingerprint density at radius 2 is 2.00 bits per heavy atom. The molecule has 21 heavy (non-hydrogen) atoms. The highest BCUT2D eigenvalue weighted by Gasteiger charge is 2.11. The third-order valence-corrected chi connectivity index (χ3v) is 3.10. The normalized spacial score (nSPS) is 10.5. The van der Waals surface area contributed by atoms with Gasteiger partial charge in [-0.05, 0) is 43.3 Å². The van der Waals surface area contributed by atoms with Gasteiger partial charge in [0.05, 0.1) is 11.1 Å². The average molecular weight is 278 g/mol. The zero-order valence-electron chi connectivity index (χ0n) is 11.5. The molecular weight excluding hydrogens is 264 g/mol. The second-order valence-corrected chi connectivity index (χ2v) is 4.65. The first-order valence-electron chi connectivity index (χ1n) is 6.49. The summed E-state index contributed by atoms with van der Waals surface area (Å²) in [6.45, 7) is 1.86. The summed E-state index contributed by atoms with van der Waals surface area (Å²) < 4.78 is 5.89. The molecule has 2 aromatic heterocycles. The van der Waals surface area contributed by atoms with Crippen LogP contribution >= 0.6 is 0 Å². The van der Waals surface area contributed by atoms with E-state index in [-0.39, 0.29) is 5.84 Å². The third kappa shape index (κ3) is 2.53. The van der Waals surface area contributed by atoms with Crippen LogP contribution in [0.3, 0.4) is 0 Å². The Kier molecular flexibility index (Phi) is 3.23. The fraction of sp³-hybridized carbons (Fsp3) is 0.0625. The first-order valence-corrected chi connectivity index (χ1v) is 6.49. The largest absolute Gasteiger partial charge is 0.438 e. The number of fused-ring (bicyclic) bond motifs is 1. The minimum atomic E-state index is -0.0733. The van der Waals surface area contributed by atoms with Crippen molar-refractivity contribution >= 4 is 16.7 Å². The molecule has 104 valence electrons. The minimum absolute atomic E-state index is 0.0733. The van der Waals surface area contributed by atoms with Crippen molar-refractivity contribution < 1.29 is 4.74 Å². The van der Waals surface area contributed by atoms with Crippen molar-refractivity contribution in [3.05, 3.63) is 59.9 Å². The predicted octanol–water partition coefficient (Wildman–Crippen LogP) is 3.01. The van der Waals surface area contributed by atoms with Gasteiger partial charge in [-0.3, -0.25) is 10.4 Å². The lowest BCUT2D eigenvalue weighted by atomic mass is 10.2. The Labute approximate surface area is 121 Å². The van der Waals surface area contributed by atoms with Crippen LogP contribution in [0.15, 0.2) is 48.7 Å². The number of hydrogen-bond donors (Lipinski definition) is 2. The van der Waals surface area contributed by atoms with Crippen LogP contribution in [0.2, 0.25) is 0 Å². The number of nitrogens with zero attached hydrogens (tertiary/aromatic N) is 2. The fourth-order valence-corrected chi connectivity index (χ4v) is 2.08. The number of nitrogen functional groups attached to an aromatic ring is 1. The molecule has 2 heterocycles. The van der Waals surface area contributed by atoms with Gasteiger partial charge < -0.3 is 10.5 Å². The molecule has 1 aromatic carbocycles. The number of aromatic nitrogens is 2. The van der Waals surface area contributed by atoms with E-state index in [1.165, 1.54) is 0 Å². The van der Waals surface area contributed by atoms with Crippen LogP contribution in [-0.2, 0) is 0 Å². The van der Waals surface area contributed by atoms with E-state index >= 15 is 0 Å². The summed E-state index contributed by atoms with van der Waals surface area (Å²) in [5, 5.41) is 8.51. The quantitative estimate of drug-likeness (QED) is 0.569. The van der Waals surface area contributed by atoms with E-state index in [2.05, 4.69) is 9.97 Å². The number of hydrogen-bond acceptors (Lipinski definition) is 4. The van der Waals surface area contributed by atoms with Crippen molar-refractivity contribution in [1.29, 1.82) is 5.41 Å². The molecule has 0 amide bonds. The maximum atomic E-state index is 7.62. The van der Waals surface area contributed by atoms with Crippen molar-refractivity contribution in [1.82, 2.24) is 9.97 Å². The molecular formula is C16H14N4O. The van der Waals surface area contributed by atoms with E-state index in [1.54, 1.807) is 18.3 Å². The van der Waals surface area contributed by atoms with Crippen molar-refractivity contribution in [2.75, 3.05) is 0 Å². The zero-order chi connectivity index (χ0) is 14.8. The first kappa shape index (κ1) is 13.1. The van der Waals surface area contributed by atoms with Crippen LogP contribution in [0.4, 0.5) is 0 Å². The van der Waals surface area contributed by atoms with Crippen molar-refractivity contribution in [2.45, 2.75) is 6.92 Å². The summed E-state index contributed by atoms with van der Waals surface area (Å²) in [5.74, 6) is 0.899. The molecule has 0 bridgehead atoms. The molecule has 0 saturated heterocycles. The number of nitrogens with two attached hydrogens (primary N) is 1. The van der Waals surface area contributed by atoms with Gasteiger partial charge in [-0.2, -0.15) is 0 Å². The van der Waals surface area contributed by atoms with E-state index < -0.39 is 0 Å². The minimum Gasteiger partial charge on any atom is -0.438 e. The molecule has 0 aliphatic heterocycles. The lowest BCUT2D eigenvalue weighted by Crippen LogP contribution is -2.13. The maximum Gasteiger partial charge on any atom is 0.230 e. The molecule has 3 rings (SSSR count). The molecule has 5 heteroatoms. The Bertz CT molecular complexity index is 824.